The van der Waals surface area contributed by atoms with Gasteiger partial charge in [0, 0.05) is 18.7 Å². The Labute approximate surface area is 117 Å². The zero-order valence-electron chi connectivity index (χ0n) is 11.2. The molecule has 3 nitrogen and oxygen atoms in total. The summed E-state index contributed by atoms with van der Waals surface area (Å²) in [5, 5.41) is 2.82. The first-order chi connectivity index (χ1) is 8.78. The van der Waals surface area contributed by atoms with Crippen LogP contribution >= 0.6 is 12.2 Å². The predicted octanol–water partition coefficient (Wildman–Crippen LogP) is 2.83. The smallest absolute Gasteiger partial charge is 0.182 e. The molecule has 0 heterocycles. The quantitative estimate of drug-likeness (QED) is 0.790. The topological polar surface area (TPSA) is 47.3 Å². The number of rotatable bonds is 6. The summed E-state index contributed by atoms with van der Waals surface area (Å²) >= 11 is 4.64. The van der Waals surface area contributed by atoms with Crippen LogP contribution in [0.3, 0.4) is 0 Å². The lowest BCUT2D eigenvalue weighted by Crippen LogP contribution is -2.33. The number of hydrogen-bond donors (Lipinski definition) is 2. The SMILES string of the molecule is CCOC(C)(C)CNc1ccc(C(N)=S)c(F)c1F. The highest BCUT2D eigenvalue weighted by Gasteiger charge is 2.20. The van der Waals surface area contributed by atoms with Crippen molar-refractivity contribution in [1.29, 1.82) is 0 Å². The van der Waals surface area contributed by atoms with Gasteiger partial charge in [0.15, 0.2) is 11.6 Å². The highest BCUT2D eigenvalue weighted by atomic mass is 32.1. The van der Waals surface area contributed by atoms with E-state index in [2.05, 4.69) is 17.5 Å². The molecule has 0 fully saturated rings. The van der Waals surface area contributed by atoms with Gasteiger partial charge in [0.2, 0.25) is 0 Å². The Morgan fingerprint density at radius 2 is 2.00 bits per heavy atom. The molecule has 19 heavy (non-hydrogen) atoms. The van der Waals surface area contributed by atoms with E-state index in [1.54, 1.807) is 0 Å². The molecule has 0 bridgehead atoms. The van der Waals surface area contributed by atoms with Gasteiger partial charge in [0.1, 0.15) is 4.99 Å². The summed E-state index contributed by atoms with van der Waals surface area (Å²) in [4.78, 5) is -0.169. The lowest BCUT2D eigenvalue weighted by atomic mass is 10.1. The van der Waals surface area contributed by atoms with Crippen molar-refractivity contribution < 1.29 is 13.5 Å². The summed E-state index contributed by atoms with van der Waals surface area (Å²) < 4.78 is 32.9. The van der Waals surface area contributed by atoms with Gasteiger partial charge in [-0.3, -0.25) is 0 Å². The van der Waals surface area contributed by atoms with Gasteiger partial charge in [-0.05, 0) is 32.9 Å². The number of benzene rings is 1. The third-order valence-electron chi connectivity index (χ3n) is 2.59. The molecule has 1 aromatic rings. The molecule has 0 amide bonds. The standard InChI is InChI=1S/C13H18F2N2OS/c1-4-18-13(2,3)7-17-9-6-5-8(12(16)19)10(14)11(9)15/h5-6,17H,4,7H2,1-3H3,(H2,16,19). The van der Waals surface area contributed by atoms with E-state index in [1.165, 1.54) is 12.1 Å². The van der Waals surface area contributed by atoms with E-state index in [4.69, 9.17) is 10.5 Å². The highest BCUT2D eigenvalue weighted by molar-refractivity contribution is 7.80. The van der Waals surface area contributed by atoms with Crippen molar-refractivity contribution in [2.75, 3.05) is 18.5 Å². The van der Waals surface area contributed by atoms with Crippen molar-refractivity contribution in [1.82, 2.24) is 0 Å². The Kier molecular flexibility index (Phi) is 5.20. The molecular formula is C13H18F2N2OS. The molecule has 6 heteroatoms. The minimum Gasteiger partial charge on any atom is -0.389 e. The maximum absolute atomic E-state index is 13.8. The fourth-order valence-corrected chi connectivity index (χ4v) is 1.78. The van der Waals surface area contributed by atoms with E-state index in [0.717, 1.165) is 0 Å². The van der Waals surface area contributed by atoms with Gasteiger partial charge in [-0.25, -0.2) is 8.78 Å². The molecular weight excluding hydrogens is 270 g/mol. The van der Waals surface area contributed by atoms with Crippen LogP contribution in [0.15, 0.2) is 12.1 Å². The van der Waals surface area contributed by atoms with Crippen LogP contribution in [0.5, 0.6) is 0 Å². The van der Waals surface area contributed by atoms with E-state index in [1.807, 2.05) is 20.8 Å². The van der Waals surface area contributed by atoms with Gasteiger partial charge < -0.3 is 15.8 Å². The lowest BCUT2D eigenvalue weighted by Gasteiger charge is -2.25. The number of nitrogens with two attached hydrogens (primary N) is 1. The summed E-state index contributed by atoms with van der Waals surface area (Å²) in [7, 11) is 0. The first kappa shape index (κ1) is 15.8. The molecule has 0 radical (unpaired) electrons. The Morgan fingerprint density at radius 1 is 1.37 bits per heavy atom. The maximum Gasteiger partial charge on any atom is 0.182 e. The monoisotopic (exact) mass is 288 g/mol. The van der Waals surface area contributed by atoms with Gasteiger partial charge in [-0.1, -0.05) is 12.2 Å². The summed E-state index contributed by atoms with van der Waals surface area (Å²) in [5.41, 5.74) is 4.79. The summed E-state index contributed by atoms with van der Waals surface area (Å²) in [6.45, 7) is 6.50. The van der Waals surface area contributed by atoms with Crippen LogP contribution in [0.2, 0.25) is 0 Å². The number of ether oxygens (including phenoxy) is 1. The molecule has 0 spiro atoms. The van der Waals surface area contributed by atoms with Crippen LogP contribution < -0.4 is 11.1 Å². The van der Waals surface area contributed by atoms with Gasteiger partial charge in [0.05, 0.1) is 11.3 Å². The van der Waals surface area contributed by atoms with Gasteiger partial charge in [-0.2, -0.15) is 0 Å². The minimum atomic E-state index is -1.04. The maximum atomic E-state index is 13.8. The zero-order chi connectivity index (χ0) is 14.6. The Balaban J connectivity index is 2.87. The number of thiocarbonyl (C=S) groups is 1. The fourth-order valence-electron chi connectivity index (χ4n) is 1.63. The minimum absolute atomic E-state index is 0.0604. The molecule has 3 N–H and O–H groups in total. The van der Waals surface area contributed by atoms with E-state index in [0.29, 0.717) is 13.2 Å². The molecule has 0 aromatic heterocycles. The first-order valence-corrected chi connectivity index (χ1v) is 6.35. The predicted molar refractivity (Wildman–Crippen MR) is 76.4 cm³/mol. The second kappa shape index (κ2) is 6.25. The lowest BCUT2D eigenvalue weighted by molar-refractivity contribution is 0.000653. The Morgan fingerprint density at radius 3 is 2.53 bits per heavy atom. The molecule has 0 atom stereocenters. The van der Waals surface area contributed by atoms with Crippen LogP contribution in [0, 0.1) is 11.6 Å². The zero-order valence-corrected chi connectivity index (χ0v) is 12.0. The third-order valence-corrected chi connectivity index (χ3v) is 2.81. The Hall–Kier alpha value is -1.27. The summed E-state index contributed by atoms with van der Waals surface area (Å²) in [6, 6.07) is 2.77. The summed E-state index contributed by atoms with van der Waals surface area (Å²) in [5.74, 6) is -2.02. The molecule has 1 aromatic carbocycles. The van der Waals surface area contributed by atoms with Crippen LogP contribution in [0.4, 0.5) is 14.5 Å². The van der Waals surface area contributed by atoms with Crippen LogP contribution in [0.25, 0.3) is 0 Å². The average Bonchev–Trinajstić information content (AvgIpc) is 2.30. The van der Waals surface area contributed by atoms with Crippen molar-refractivity contribution in [2.45, 2.75) is 26.4 Å². The molecule has 1 rings (SSSR count). The van der Waals surface area contributed by atoms with Gasteiger partial charge >= 0.3 is 0 Å². The molecule has 0 aliphatic heterocycles. The third kappa shape index (κ3) is 4.11. The van der Waals surface area contributed by atoms with Gasteiger partial charge in [-0.15, -0.1) is 0 Å². The van der Waals surface area contributed by atoms with E-state index < -0.39 is 17.2 Å². The van der Waals surface area contributed by atoms with E-state index in [9.17, 15) is 8.78 Å². The average molecular weight is 288 g/mol. The molecule has 0 saturated heterocycles. The number of nitrogens with one attached hydrogen (secondary N) is 1. The van der Waals surface area contributed by atoms with Crippen molar-refractivity contribution >= 4 is 22.9 Å². The highest BCUT2D eigenvalue weighted by Crippen LogP contribution is 2.21. The van der Waals surface area contributed by atoms with Crippen LogP contribution in [-0.2, 0) is 4.74 Å². The van der Waals surface area contributed by atoms with E-state index in [-0.39, 0.29) is 16.2 Å². The second-order valence-electron chi connectivity index (χ2n) is 4.70. The molecule has 0 saturated carbocycles. The molecule has 106 valence electrons. The fraction of sp³-hybridized carbons (Fsp3) is 0.462. The second-order valence-corrected chi connectivity index (χ2v) is 5.14. The first-order valence-electron chi connectivity index (χ1n) is 5.94. The van der Waals surface area contributed by atoms with Crippen molar-refractivity contribution in [2.24, 2.45) is 5.73 Å². The molecule has 0 aliphatic rings. The van der Waals surface area contributed by atoms with Crippen molar-refractivity contribution in [3.8, 4) is 0 Å². The number of halogens is 2. The molecule has 0 unspecified atom stereocenters. The number of hydrogen-bond acceptors (Lipinski definition) is 3. The van der Waals surface area contributed by atoms with Crippen molar-refractivity contribution in [3.05, 3.63) is 29.3 Å². The normalized spacial score (nSPS) is 11.4. The van der Waals surface area contributed by atoms with Gasteiger partial charge in [0.25, 0.3) is 0 Å². The van der Waals surface area contributed by atoms with Crippen molar-refractivity contribution in [3.63, 3.8) is 0 Å². The Bertz CT molecular complexity index is 478. The molecule has 0 aliphatic carbocycles. The summed E-state index contributed by atoms with van der Waals surface area (Å²) in [6.07, 6.45) is 0. The van der Waals surface area contributed by atoms with E-state index >= 15 is 0 Å². The van der Waals surface area contributed by atoms with Crippen LogP contribution in [-0.4, -0.2) is 23.7 Å². The number of anilines is 1. The largest absolute Gasteiger partial charge is 0.389 e. The van der Waals surface area contributed by atoms with Crippen LogP contribution in [0.1, 0.15) is 26.3 Å².